The van der Waals surface area contributed by atoms with Crippen molar-refractivity contribution in [3.8, 4) is 0 Å². The van der Waals surface area contributed by atoms with E-state index >= 15 is 0 Å². The van der Waals surface area contributed by atoms with Crippen molar-refractivity contribution >= 4 is 17.3 Å². The van der Waals surface area contributed by atoms with Crippen LogP contribution in [0.4, 0.5) is 79.0 Å². The van der Waals surface area contributed by atoms with Crippen molar-refractivity contribution < 1.29 is 135 Å². The Balaban J connectivity index is -0.000000256. The summed E-state index contributed by atoms with van der Waals surface area (Å²) in [6.07, 6.45) is -25.0. The van der Waals surface area contributed by atoms with E-state index in [0.29, 0.717) is 0 Å². The van der Waals surface area contributed by atoms with Gasteiger partial charge in [0.25, 0.3) is 17.3 Å². The number of ketones is 3. The third-order valence-electron chi connectivity index (χ3n) is 3.07. The molecule has 0 bridgehead atoms. The van der Waals surface area contributed by atoms with E-state index in [1.807, 2.05) is 32.1 Å². The largest absolute Gasteiger partial charge is 0.504 e. The fraction of sp³-hybridized carbons (Fsp3) is 0.300. The molecule has 0 amide bonds. The minimum absolute atomic E-state index is 0. The van der Waals surface area contributed by atoms with Gasteiger partial charge in [0.15, 0.2) is 0 Å². The van der Waals surface area contributed by atoms with Gasteiger partial charge in [0.2, 0.25) is 17.3 Å². The predicted molar refractivity (Wildman–Crippen MR) is 105 cm³/mol. The van der Waals surface area contributed by atoms with Crippen LogP contribution in [0, 0.1) is 32.1 Å². The summed E-state index contributed by atoms with van der Waals surface area (Å²) in [6.45, 7) is 0. The number of halogens is 18. The Labute approximate surface area is 257 Å². The summed E-state index contributed by atoms with van der Waals surface area (Å²) in [5, 5.41) is 23.8. The van der Waals surface area contributed by atoms with E-state index in [1.54, 1.807) is 0 Å². The molecule has 0 unspecified atom stereocenters. The van der Waals surface area contributed by atoms with Crippen LogP contribution in [0.2, 0.25) is 0 Å². The Bertz CT molecular complexity index is 906. The molecule has 1 aliphatic carbocycles. The van der Waals surface area contributed by atoms with Crippen molar-refractivity contribution in [1.29, 1.82) is 0 Å². The number of hydrogen-bond donors (Lipinski definition) is 3. The van der Waals surface area contributed by atoms with Crippen molar-refractivity contribution in [3.63, 3.8) is 0 Å². The number of carbonyl (C=O) groups excluding carboxylic acids is 3. The molecule has 0 heterocycles. The number of rotatable bonds is 3. The zero-order valence-corrected chi connectivity index (χ0v) is 22.9. The summed E-state index contributed by atoms with van der Waals surface area (Å²) in [6, 6.07) is 0. The first kappa shape index (κ1) is 49.1. The molecule has 6 nitrogen and oxygen atoms in total. The molecule has 1 saturated carbocycles. The monoisotopic (exact) mass is 779 g/mol. The van der Waals surface area contributed by atoms with Gasteiger partial charge in [-0.1, -0.05) is 0 Å². The quantitative estimate of drug-likeness (QED) is 0.157. The van der Waals surface area contributed by atoms with Crippen molar-refractivity contribution in [2.24, 2.45) is 0 Å². The first-order valence-electron chi connectivity index (χ1n) is 9.58. The van der Waals surface area contributed by atoms with Crippen LogP contribution in [0.1, 0.15) is 0 Å². The second kappa shape index (κ2) is 19.0. The van der Waals surface area contributed by atoms with Crippen LogP contribution in [0.15, 0.2) is 35.5 Å². The molecule has 25 heteroatoms. The number of hydrogen-bond acceptors (Lipinski definition) is 6. The van der Waals surface area contributed by atoms with Crippen LogP contribution in [0.5, 0.6) is 0 Å². The molecule has 0 aromatic carbocycles. The summed E-state index contributed by atoms with van der Waals surface area (Å²) in [4.78, 5) is 29.6. The van der Waals surface area contributed by atoms with Gasteiger partial charge in [-0.3, -0.25) is 14.4 Å². The van der Waals surface area contributed by atoms with Crippen molar-refractivity contribution in [2.75, 3.05) is 0 Å². The molecule has 257 valence electrons. The summed E-state index contributed by atoms with van der Waals surface area (Å²) in [7, 11) is 0. The third-order valence-corrected chi connectivity index (χ3v) is 3.07. The average Bonchev–Trinajstić information content (AvgIpc) is 3.36. The summed E-state index contributed by atoms with van der Waals surface area (Å²) >= 11 is 0. The van der Waals surface area contributed by atoms with E-state index in [4.69, 9.17) is 15.3 Å². The Morgan fingerprint density at radius 2 is 0.489 bits per heavy atom. The second-order valence-electron chi connectivity index (χ2n) is 6.63. The van der Waals surface area contributed by atoms with Gasteiger partial charge in [-0.25, -0.2) is 0 Å². The van der Waals surface area contributed by atoms with Crippen LogP contribution < -0.4 is 0 Å². The fourth-order valence-corrected chi connectivity index (χ4v) is 1.18. The van der Waals surface area contributed by atoms with Gasteiger partial charge >= 0.3 is 37.1 Å². The van der Waals surface area contributed by atoms with Crippen LogP contribution in [-0.4, -0.2) is 69.7 Å². The minimum atomic E-state index is -5.42. The Morgan fingerprint density at radius 3 is 0.578 bits per heavy atom. The number of alkyl halides is 18. The molecule has 3 N–H and O–H groups in total. The van der Waals surface area contributed by atoms with Gasteiger partial charge in [0.1, 0.15) is 0 Å². The maximum Gasteiger partial charge on any atom is 0.454 e. The molecule has 45 heavy (non-hydrogen) atoms. The van der Waals surface area contributed by atoms with E-state index in [1.165, 1.54) is 0 Å². The van der Waals surface area contributed by atoms with Gasteiger partial charge in [-0.15, -0.1) is 0 Å². The van der Waals surface area contributed by atoms with Gasteiger partial charge in [-0.05, 0) is 32.1 Å². The Hall–Kier alpha value is -2.75. The number of aliphatic hydroxyl groups excluding tert-OH is 3. The second-order valence-corrected chi connectivity index (χ2v) is 6.63. The normalized spacial score (nSPS) is 15.2. The molecule has 0 aromatic rings. The molecule has 1 rings (SSSR count). The smallest absolute Gasteiger partial charge is 0.454 e. The maximum absolute atomic E-state index is 11.4. The van der Waals surface area contributed by atoms with E-state index in [0.717, 1.165) is 0 Å². The maximum atomic E-state index is 11.4. The fourth-order valence-electron chi connectivity index (χ4n) is 1.18. The van der Waals surface area contributed by atoms with Gasteiger partial charge in [-0.2, -0.15) is 79.0 Å². The van der Waals surface area contributed by atoms with Crippen molar-refractivity contribution in [3.05, 3.63) is 67.6 Å². The molecule has 0 spiro atoms. The van der Waals surface area contributed by atoms with E-state index in [-0.39, 0.29) is 26.2 Å². The molecular weight excluding hydrogens is 769 g/mol. The van der Waals surface area contributed by atoms with Crippen LogP contribution in [0.3, 0.4) is 0 Å². The number of carbonyl (C=O) groups is 3. The van der Waals surface area contributed by atoms with Crippen LogP contribution in [0.25, 0.3) is 0 Å². The van der Waals surface area contributed by atoms with Crippen molar-refractivity contribution in [2.45, 2.75) is 37.1 Å². The SMILES string of the molecule is O=C(/C=C(\O)C(F)(F)F)C(F)(F)F.O=C(/C=C(\O)C(F)(F)F)C(F)(F)F.O=C(/C=C(\O)C(F)(F)F)C(F)(F)F.[CH]1[CH][CH][CH][CH]1.[Zr]. The van der Waals surface area contributed by atoms with Gasteiger partial charge < -0.3 is 15.3 Å². The number of aliphatic hydroxyl groups is 3. The summed E-state index contributed by atoms with van der Waals surface area (Å²) in [5.74, 6) is -16.0. The van der Waals surface area contributed by atoms with Gasteiger partial charge in [0, 0.05) is 44.4 Å². The molecule has 5 radical (unpaired) electrons. The third kappa shape index (κ3) is 25.2. The molecule has 0 saturated heterocycles. The first-order valence-corrected chi connectivity index (χ1v) is 9.58. The van der Waals surface area contributed by atoms with Crippen LogP contribution in [-0.2, 0) is 40.6 Å². The molecule has 0 atom stereocenters. The number of allylic oxidation sites excluding steroid dienone is 6. The van der Waals surface area contributed by atoms with E-state index in [2.05, 4.69) is 0 Å². The van der Waals surface area contributed by atoms with Crippen LogP contribution >= 0.6 is 0 Å². The zero-order valence-electron chi connectivity index (χ0n) is 20.5. The zero-order chi connectivity index (χ0) is 36.1. The van der Waals surface area contributed by atoms with Gasteiger partial charge in [0.05, 0.1) is 0 Å². The van der Waals surface area contributed by atoms with Crippen molar-refractivity contribution in [1.82, 2.24) is 0 Å². The predicted octanol–water partition coefficient (Wildman–Crippen LogP) is 7.38. The minimum Gasteiger partial charge on any atom is -0.504 e. The molecular formula is C20H11F18O6Zr. The molecule has 0 aliphatic heterocycles. The molecule has 1 fully saturated rings. The average molecular weight is 780 g/mol. The molecule has 1 aliphatic rings. The Morgan fingerprint density at radius 1 is 0.356 bits per heavy atom. The Kier molecular flexibility index (Phi) is 20.8. The standard InChI is InChI=1S/3C5H2F6O2.C5H5.Zr/c3*6-4(7,8)2(12)1-3(13)5(9,10)11;1-2-4-5-3-1;/h3*1,12H;1-5H;/b3*2-1-;;. The summed E-state index contributed by atoms with van der Waals surface area (Å²) in [5.41, 5.74) is 0. The first-order chi connectivity index (χ1) is 19.1. The summed E-state index contributed by atoms with van der Waals surface area (Å²) < 4.78 is 204. The molecule has 0 aromatic heterocycles. The van der Waals surface area contributed by atoms with E-state index < -0.39 is 89.9 Å². The van der Waals surface area contributed by atoms with E-state index in [9.17, 15) is 93.4 Å². The topological polar surface area (TPSA) is 112 Å².